The normalized spacial score (nSPS) is 22.0. The number of carboxylic acid groups (broad SMARTS) is 1. The molecule has 1 aromatic heterocycles. The zero-order valence-electron chi connectivity index (χ0n) is 13.4. The van der Waals surface area contributed by atoms with Gasteiger partial charge in [0.2, 0.25) is 5.91 Å². The van der Waals surface area contributed by atoms with Crippen molar-refractivity contribution < 1.29 is 19.4 Å². The van der Waals surface area contributed by atoms with Gasteiger partial charge in [-0.1, -0.05) is 6.92 Å². The summed E-state index contributed by atoms with van der Waals surface area (Å²) in [6.07, 6.45) is 0.392. The van der Waals surface area contributed by atoms with Crippen molar-refractivity contribution in [1.29, 1.82) is 0 Å². The molecule has 1 fully saturated rings. The molecule has 1 amide bonds. The van der Waals surface area contributed by atoms with Gasteiger partial charge in [-0.25, -0.2) is 4.98 Å². The predicted molar refractivity (Wildman–Crippen MR) is 89.8 cm³/mol. The monoisotopic (exact) mass is 346 g/mol. The second kappa shape index (κ2) is 6.24. The van der Waals surface area contributed by atoms with Crippen LogP contribution in [0.1, 0.15) is 18.4 Å². The summed E-state index contributed by atoms with van der Waals surface area (Å²) in [5, 5.41) is 14.6. The number of carbonyl (C=O) groups excluding carboxylic acids is 1. The molecular formula is C17H18N2O4S. The Bertz CT molecular complexity index is 771. The van der Waals surface area contributed by atoms with Crippen LogP contribution in [-0.2, 0) is 16.1 Å². The molecule has 6 nitrogen and oxygen atoms in total. The Hall–Kier alpha value is -2.41. The molecule has 0 radical (unpaired) electrons. The number of methoxy groups -OCH3 is 1. The van der Waals surface area contributed by atoms with E-state index in [0.717, 1.165) is 22.0 Å². The molecule has 0 spiro atoms. The molecule has 3 rings (SSSR count). The fraction of sp³-hybridized carbons (Fsp3) is 0.353. The van der Waals surface area contributed by atoms with Gasteiger partial charge in [0.1, 0.15) is 16.2 Å². The van der Waals surface area contributed by atoms with Crippen LogP contribution in [0.15, 0.2) is 29.6 Å². The molecule has 7 heteroatoms. The van der Waals surface area contributed by atoms with Crippen molar-refractivity contribution >= 4 is 23.2 Å². The zero-order chi connectivity index (χ0) is 17.3. The molecule has 0 unspecified atom stereocenters. The summed E-state index contributed by atoms with van der Waals surface area (Å²) < 4.78 is 5.13. The standard InChI is InChI=1S/C17H18N2O4S/c1-10-7-17(10,16(21)22)15(20)18-8-14-19-13(9-24-14)11-3-5-12(23-2)6-4-11/h3-6,9-10H,7-8H2,1-2H3,(H,18,20)(H,21,22)/t10-,17+/m1/s1. The van der Waals surface area contributed by atoms with Gasteiger partial charge in [-0.3, -0.25) is 9.59 Å². The van der Waals surface area contributed by atoms with Crippen LogP contribution in [0.5, 0.6) is 5.75 Å². The lowest BCUT2D eigenvalue weighted by Gasteiger charge is -2.10. The van der Waals surface area contributed by atoms with Crippen LogP contribution >= 0.6 is 11.3 Å². The quantitative estimate of drug-likeness (QED) is 0.785. The summed E-state index contributed by atoms with van der Waals surface area (Å²) in [5.41, 5.74) is 0.526. The second-order valence-electron chi connectivity index (χ2n) is 5.92. The summed E-state index contributed by atoms with van der Waals surface area (Å²) in [6, 6.07) is 7.56. The number of ether oxygens (including phenoxy) is 1. The molecule has 2 atom stereocenters. The minimum absolute atomic E-state index is 0.124. The number of benzene rings is 1. The lowest BCUT2D eigenvalue weighted by atomic mass is 10.0. The Morgan fingerprint density at radius 2 is 2.08 bits per heavy atom. The average Bonchev–Trinajstić information content (AvgIpc) is 3.06. The van der Waals surface area contributed by atoms with E-state index in [2.05, 4.69) is 10.3 Å². The maximum atomic E-state index is 12.2. The Balaban J connectivity index is 1.64. The van der Waals surface area contributed by atoms with Gasteiger partial charge in [0.25, 0.3) is 0 Å². The van der Waals surface area contributed by atoms with Crippen LogP contribution in [0, 0.1) is 11.3 Å². The number of aliphatic carboxylic acids is 1. The number of amides is 1. The first-order valence-corrected chi connectivity index (χ1v) is 8.46. The molecule has 0 aliphatic heterocycles. The number of hydrogen-bond donors (Lipinski definition) is 2. The Kier molecular flexibility index (Phi) is 4.28. The van der Waals surface area contributed by atoms with E-state index < -0.39 is 17.3 Å². The largest absolute Gasteiger partial charge is 0.497 e. The highest BCUT2D eigenvalue weighted by Crippen LogP contribution is 2.52. The molecule has 1 saturated carbocycles. The van der Waals surface area contributed by atoms with E-state index in [1.807, 2.05) is 29.6 Å². The smallest absolute Gasteiger partial charge is 0.319 e. The lowest BCUT2D eigenvalue weighted by molar-refractivity contribution is -0.149. The summed E-state index contributed by atoms with van der Waals surface area (Å²) in [4.78, 5) is 28.0. The van der Waals surface area contributed by atoms with Crippen LogP contribution in [-0.4, -0.2) is 29.1 Å². The van der Waals surface area contributed by atoms with Gasteiger partial charge in [-0.15, -0.1) is 11.3 Å². The maximum absolute atomic E-state index is 12.2. The average molecular weight is 346 g/mol. The summed E-state index contributed by atoms with van der Waals surface area (Å²) >= 11 is 1.43. The number of thiazole rings is 1. The molecule has 0 saturated heterocycles. The highest BCUT2D eigenvalue weighted by atomic mass is 32.1. The van der Waals surface area contributed by atoms with Crippen LogP contribution in [0.25, 0.3) is 11.3 Å². The van der Waals surface area contributed by atoms with E-state index in [1.165, 1.54) is 11.3 Å². The lowest BCUT2D eigenvalue weighted by Crippen LogP contribution is -2.37. The van der Waals surface area contributed by atoms with Crippen LogP contribution in [0.3, 0.4) is 0 Å². The van der Waals surface area contributed by atoms with E-state index in [9.17, 15) is 14.7 Å². The van der Waals surface area contributed by atoms with Gasteiger partial charge >= 0.3 is 5.97 Å². The molecule has 24 heavy (non-hydrogen) atoms. The molecule has 1 heterocycles. The molecule has 1 aliphatic carbocycles. The van der Waals surface area contributed by atoms with Crippen molar-refractivity contribution in [2.45, 2.75) is 19.9 Å². The van der Waals surface area contributed by atoms with Crippen molar-refractivity contribution in [2.24, 2.45) is 11.3 Å². The molecule has 1 aliphatic rings. The van der Waals surface area contributed by atoms with Crippen LogP contribution < -0.4 is 10.1 Å². The predicted octanol–water partition coefficient (Wildman–Crippen LogP) is 2.55. The number of hydrogen-bond acceptors (Lipinski definition) is 5. The van der Waals surface area contributed by atoms with Crippen LogP contribution in [0.2, 0.25) is 0 Å². The minimum Gasteiger partial charge on any atom is -0.497 e. The Morgan fingerprint density at radius 1 is 1.42 bits per heavy atom. The van der Waals surface area contributed by atoms with E-state index in [1.54, 1.807) is 14.0 Å². The molecule has 0 bridgehead atoms. The topological polar surface area (TPSA) is 88.5 Å². The molecule has 2 N–H and O–H groups in total. The number of nitrogens with zero attached hydrogens (tertiary/aromatic N) is 1. The highest BCUT2D eigenvalue weighted by molar-refractivity contribution is 7.09. The van der Waals surface area contributed by atoms with Crippen molar-refractivity contribution in [3.8, 4) is 17.0 Å². The van der Waals surface area contributed by atoms with Crippen molar-refractivity contribution in [1.82, 2.24) is 10.3 Å². The SMILES string of the molecule is COc1ccc(-c2csc(CNC(=O)[C@]3(C(=O)O)C[C@H]3C)n2)cc1. The highest BCUT2D eigenvalue weighted by Gasteiger charge is 2.63. The first-order chi connectivity index (χ1) is 11.5. The molecule has 1 aromatic carbocycles. The number of rotatable bonds is 6. The van der Waals surface area contributed by atoms with Gasteiger partial charge in [0, 0.05) is 10.9 Å². The summed E-state index contributed by atoms with van der Waals surface area (Å²) in [5.74, 6) is -0.825. The molecule has 126 valence electrons. The van der Waals surface area contributed by atoms with E-state index in [0.29, 0.717) is 6.42 Å². The van der Waals surface area contributed by atoms with Crippen LogP contribution in [0.4, 0.5) is 0 Å². The molecule has 2 aromatic rings. The van der Waals surface area contributed by atoms with Gasteiger partial charge in [0.15, 0.2) is 0 Å². The van der Waals surface area contributed by atoms with E-state index in [-0.39, 0.29) is 12.5 Å². The number of nitrogens with one attached hydrogen (secondary N) is 1. The van der Waals surface area contributed by atoms with Crippen molar-refractivity contribution in [3.05, 3.63) is 34.7 Å². The fourth-order valence-electron chi connectivity index (χ4n) is 2.74. The summed E-state index contributed by atoms with van der Waals surface area (Å²) in [6.45, 7) is 2.01. The molecular weight excluding hydrogens is 328 g/mol. The fourth-order valence-corrected chi connectivity index (χ4v) is 3.48. The Labute approximate surface area is 143 Å². The number of carboxylic acids is 1. The first kappa shape index (κ1) is 16.4. The zero-order valence-corrected chi connectivity index (χ0v) is 14.2. The number of aromatic nitrogens is 1. The summed E-state index contributed by atoms with van der Waals surface area (Å²) in [7, 11) is 1.61. The van der Waals surface area contributed by atoms with Gasteiger partial charge in [-0.2, -0.15) is 0 Å². The van der Waals surface area contributed by atoms with E-state index >= 15 is 0 Å². The third-order valence-corrected chi connectivity index (χ3v) is 5.28. The third-order valence-electron chi connectivity index (χ3n) is 4.43. The van der Waals surface area contributed by atoms with E-state index in [4.69, 9.17) is 4.74 Å². The van der Waals surface area contributed by atoms with Gasteiger partial charge < -0.3 is 15.2 Å². The second-order valence-corrected chi connectivity index (χ2v) is 6.86. The van der Waals surface area contributed by atoms with Crippen molar-refractivity contribution in [3.63, 3.8) is 0 Å². The first-order valence-electron chi connectivity index (χ1n) is 7.58. The van der Waals surface area contributed by atoms with Gasteiger partial charge in [0.05, 0.1) is 19.3 Å². The minimum atomic E-state index is -1.25. The van der Waals surface area contributed by atoms with Crippen molar-refractivity contribution in [2.75, 3.05) is 7.11 Å². The van der Waals surface area contributed by atoms with Gasteiger partial charge in [-0.05, 0) is 36.6 Å². The third kappa shape index (κ3) is 2.87. The Morgan fingerprint density at radius 3 is 2.62 bits per heavy atom. The maximum Gasteiger partial charge on any atom is 0.319 e. The number of carbonyl (C=O) groups is 2.